The summed E-state index contributed by atoms with van der Waals surface area (Å²) in [6.45, 7) is 6.71. The van der Waals surface area contributed by atoms with Crippen LogP contribution in [-0.2, 0) is 6.42 Å². The second-order valence-corrected chi connectivity index (χ2v) is 5.81. The van der Waals surface area contributed by atoms with Crippen LogP contribution in [0.4, 0.5) is 0 Å². The Kier molecular flexibility index (Phi) is 4.47. The molecule has 0 aliphatic carbocycles. The first-order valence-corrected chi connectivity index (χ1v) is 7.84. The van der Waals surface area contributed by atoms with Crippen LogP contribution in [0.15, 0.2) is 52.9 Å². The molecule has 0 aliphatic heterocycles. The molecule has 0 bridgehead atoms. The third-order valence-corrected chi connectivity index (χ3v) is 3.71. The van der Waals surface area contributed by atoms with E-state index in [1.807, 2.05) is 37.3 Å². The fraction of sp³-hybridized carbons (Fsp3) is 0.250. The van der Waals surface area contributed by atoms with Crippen molar-refractivity contribution in [2.24, 2.45) is 0 Å². The molecule has 0 aliphatic rings. The van der Waals surface area contributed by atoms with Crippen LogP contribution < -0.4 is 4.74 Å². The van der Waals surface area contributed by atoms with Crippen LogP contribution in [0.25, 0.3) is 11.5 Å². The van der Waals surface area contributed by atoms with Crippen molar-refractivity contribution in [3.8, 4) is 17.2 Å². The van der Waals surface area contributed by atoms with Crippen molar-refractivity contribution in [3.63, 3.8) is 0 Å². The average Bonchev–Trinajstić information content (AvgIpc) is 2.89. The maximum Gasteiger partial charge on any atom is 0.226 e. The van der Waals surface area contributed by atoms with E-state index in [2.05, 4.69) is 37.0 Å². The number of benzene rings is 2. The standard InChI is InChI=1S/C20H21NO2/c1-14-11-15(2)13-17(12-14)20-21-19(16(3)23-20)9-10-22-18-7-5-4-6-8-18/h4-8,11-13H,9-10H2,1-3H3. The molecule has 0 atom stereocenters. The van der Waals surface area contributed by atoms with Gasteiger partial charge in [0.15, 0.2) is 0 Å². The molecule has 3 heteroatoms. The Labute approximate surface area is 136 Å². The number of hydrogen-bond acceptors (Lipinski definition) is 3. The highest BCUT2D eigenvalue weighted by atomic mass is 16.5. The molecular formula is C20H21NO2. The molecule has 1 aromatic heterocycles. The van der Waals surface area contributed by atoms with Gasteiger partial charge in [-0.25, -0.2) is 4.98 Å². The summed E-state index contributed by atoms with van der Waals surface area (Å²) >= 11 is 0. The fourth-order valence-electron chi connectivity index (χ4n) is 2.66. The largest absolute Gasteiger partial charge is 0.493 e. The van der Waals surface area contributed by atoms with Gasteiger partial charge in [-0.05, 0) is 45.0 Å². The van der Waals surface area contributed by atoms with Crippen molar-refractivity contribution in [1.82, 2.24) is 4.98 Å². The van der Waals surface area contributed by atoms with Gasteiger partial charge in [-0.1, -0.05) is 35.4 Å². The summed E-state index contributed by atoms with van der Waals surface area (Å²) in [5.74, 6) is 2.42. The highest BCUT2D eigenvalue weighted by molar-refractivity contribution is 5.56. The topological polar surface area (TPSA) is 35.3 Å². The summed E-state index contributed by atoms with van der Waals surface area (Å²) in [5.41, 5.74) is 4.41. The molecule has 118 valence electrons. The number of rotatable bonds is 5. The van der Waals surface area contributed by atoms with Gasteiger partial charge in [0, 0.05) is 12.0 Å². The Balaban J connectivity index is 1.71. The predicted octanol–water partition coefficient (Wildman–Crippen LogP) is 4.89. The first-order chi connectivity index (χ1) is 11.1. The summed E-state index contributed by atoms with van der Waals surface area (Å²) in [7, 11) is 0. The van der Waals surface area contributed by atoms with Crippen molar-refractivity contribution in [2.75, 3.05) is 6.61 Å². The highest BCUT2D eigenvalue weighted by Crippen LogP contribution is 2.24. The molecular weight excluding hydrogens is 286 g/mol. The van der Waals surface area contributed by atoms with Crippen LogP contribution >= 0.6 is 0 Å². The normalized spacial score (nSPS) is 10.7. The zero-order valence-electron chi connectivity index (χ0n) is 13.8. The van der Waals surface area contributed by atoms with E-state index in [0.717, 1.165) is 29.2 Å². The number of hydrogen-bond donors (Lipinski definition) is 0. The Morgan fingerprint density at radius 3 is 2.35 bits per heavy atom. The van der Waals surface area contributed by atoms with Crippen LogP contribution in [-0.4, -0.2) is 11.6 Å². The van der Waals surface area contributed by atoms with Gasteiger partial charge in [-0.2, -0.15) is 0 Å². The maximum atomic E-state index is 5.85. The Morgan fingerprint density at radius 1 is 0.957 bits per heavy atom. The third-order valence-electron chi connectivity index (χ3n) is 3.71. The quantitative estimate of drug-likeness (QED) is 0.673. The van der Waals surface area contributed by atoms with E-state index in [0.29, 0.717) is 12.5 Å². The summed E-state index contributed by atoms with van der Waals surface area (Å²) in [5, 5.41) is 0. The number of nitrogens with zero attached hydrogens (tertiary/aromatic N) is 1. The van der Waals surface area contributed by atoms with Crippen LogP contribution in [0.1, 0.15) is 22.6 Å². The number of para-hydroxylation sites is 1. The third kappa shape index (κ3) is 3.81. The summed E-state index contributed by atoms with van der Waals surface area (Å²) < 4.78 is 11.6. The molecule has 0 unspecified atom stereocenters. The van der Waals surface area contributed by atoms with Crippen molar-refractivity contribution in [2.45, 2.75) is 27.2 Å². The molecule has 1 heterocycles. The second-order valence-electron chi connectivity index (χ2n) is 5.81. The smallest absolute Gasteiger partial charge is 0.226 e. The number of aromatic nitrogens is 1. The van der Waals surface area contributed by atoms with Gasteiger partial charge in [-0.3, -0.25) is 0 Å². The van der Waals surface area contributed by atoms with Gasteiger partial charge in [0.2, 0.25) is 5.89 Å². The first-order valence-electron chi connectivity index (χ1n) is 7.84. The van der Waals surface area contributed by atoms with Crippen LogP contribution in [0.2, 0.25) is 0 Å². The highest BCUT2D eigenvalue weighted by Gasteiger charge is 2.12. The van der Waals surface area contributed by atoms with Gasteiger partial charge < -0.3 is 9.15 Å². The molecule has 3 aromatic rings. The zero-order chi connectivity index (χ0) is 16.2. The Hall–Kier alpha value is -2.55. The molecule has 0 radical (unpaired) electrons. The van der Waals surface area contributed by atoms with Crippen LogP contribution in [0.3, 0.4) is 0 Å². The van der Waals surface area contributed by atoms with Crippen molar-refractivity contribution in [1.29, 1.82) is 0 Å². The molecule has 0 amide bonds. The van der Waals surface area contributed by atoms with Crippen LogP contribution in [0.5, 0.6) is 5.75 Å². The van der Waals surface area contributed by atoms with E-state index in [-0.39, 0.29) is 0 Å². The zero-order valence-corrected chi connectivity index (χ0v) is 13.8. The first kappa shape index (κ1) is 15.3. The minimum Gasteiger partial charge on any atom is -0.493 e. The molecule has 0 spiro atoms. The summed E-state index contributed by atoms with van der Waals surface area (Å²) in [6, 6.07) is 16.2. The minimum atomic E-state index is 0.587. The molecule has 3 rings (SSSR count). The van der Waals surface area contributed by atoms with E-state index < -0.39 is 0 Å². The maximum absolute atomic E-state index is 5.85. The lowest BCUT2D eigenvalue weighted by molar-refractivity contribution is 0.320. The fourth-order valence-corrected chi connectivity index (χ4v) is 2.66. The molecule has 23 heavy (non-hydrogen) atoms. The number of ether oxygens (including phenoxy) is 1. The van der Waals surface area contributed by atoms with Gasteiger partial charge in [0.25, 0.3) is 0 Å². The summed E-state index contributed by atoms with van der Waals surface area (Å²) in [4.78, 5) is 4.65. The molecule has 2 aromatic carbocycles. The minimum absolute atomic E-state index is 0.587. The molecule has 0 fully saturated rings. The molecule has 3 nitrogen and oxygen atoms in total. The average molecular weight is 307 g/mol. The Morgan fingerprint density at radius 2 is 1.65 bits per heavy atom. The second kappa shape index (κ2) is 6.69. The van der Waals surface area contributed by atoms with Crippen molar-refractivity contribution >= 4 is 0 Å². The van der Waals surface area contributed by atoms with E-state index in [1.165, 1.54) is 11.1 Å². The molecule has 0 saturated carbocycles. The monoisotopic (exact) mass is 307 g/mol. The van der Waals surface area contributed by atoms with E-state index in [4.69, 9.17) is 9.15 Å². The van der Waals surface area contributed by atoms with Crippen molar-refractivity contribution < 1.29 is 9.15 Å². The lowest BCUT2D eigenvalue weighted by Gasteiger charge is -2.04. The number of oxazole rings is 1. The van der Waals surface area contributed by atoms with Gasteiger partial charge in [0.1, 0.15) is 11.5 Å². The van der Waals surface area contributed by atoms with Gasteiger partial charge >= 0.3 is 0 Å². The lowest BCUT2D eigenvalue weighted by atomic mass is 10.1. The molecule has 0 saturated heterocycles. The van der Waals surface area contributed by atoms with Crippen molar-refractivity contribution in [3.05, 3.63) is 71.1 Å². The SMILES string of the molecule is Cc1cc(C)cc(-c2nc(CCOc3ccccc3)c(C)o2)c1. The van der Waals surface area contributed by atoms with E-state index in [1.54, 1.807) is 0 Å². The number of aryl methyl sites for hydroxylation is 3. The van der Waals surface area contributed by atoms with Crippen LogP contribution in [0, 0.1) is 20.8 Å². The van der Waals surface area contributed by atoms with E-state index in [9.17, 15) is 0 Å². The lowest BCUT2D eigenvalue weighted by Crippen LogP contribution is -2.02. The van der Waals surface area contributed by atoms with Gasteiger partial charge in [0.05, 0.1) is 12.3 Å². The van der Waals surface area contributed by atoms with E-state index >= 15 is 0 Å². The van der Waals surface area contributed by atoms with Gasteiger partial charge in [-0.15, -0.1) is 0 Å². The molecule has 0 N–H and O–H groups in total. The predicted molar refractivity (Wildman–Crippen MR) is 91.8 cm³/mol. The Bertz CT molecular complexity index is 770. The summed E-state index contributed by atoms with van der Waals surface area (Å²) in [6.07, 6.45) is 0.731.